The van der Waals surface area contributed by atoms with Gasteiger partial charge in [0.1, 0.15) is 0 Å². The monoisotopic (exact) mass is 421 g/mol. The number of hydrogen-bond acceptors (Lipinski definition) is 3. The van der Waals surface area contributed by atoms with E-state index in [4.69, 9.17) is 16.3 Å². The number of carbonyl (C=O) groups excluding carboxylic acids is 2. The van der Waals surface area contributed by atoms with Crippen molar-refractivity contribution in [2.45, 2.75) is 24.7 Å². The molecule has 130 valence electrons. The van der Waals surface area contributed by atoms with E-state index in [1.54, 1.807) is 18.2 Å². The number of amides is 1. The molecule has 1 aliphatic rings. The third-order valence-electron chi connectivity index (χ3n) is 4.46. The Balaban J connectivity index is 1.63. The number of carbonyl (C=O) groups is 2. The van der Waals surface area contributed by atoms with Crippen LogP contribution in [0.4, 0.5) is 5.69 Å². The maximum atomic E-state index is 12.6. The molecule has 1 saturated carbocycles. The Morgan fingerprint density at radius 1 is 1.16 bits per heavy atom. The molecule has 6 heteroatoms. The van der Waals surface area contributed by atoms with Gasteiger partial charge < -0.3 is 10.1 Å². The van der Waals surface area contributed by atoms with Crippen molar-refractivity contribution >= 4 is 45.1 Å². The summed E-state index contributed by atoms with van der Waals surface area (Å²) in [5.41, 5.74) is 0.803. The summed E-state index contributed by atoms with van der Waals surface area (Å²) < 4.78 is 6.08. The largest absolute Gasteiger partial charge is 0.455 e. The molecule has 1 aliphatic carbocycles. The standard InChI is InChI=1S/C19H17BrClNO3/c20-15-7-1-2-8-16(15)22-17(23)12-25-18(24)19(9-4-10-19)13-5-3-6-14(21)11-13/h1-3,5-8,11H,4,9-10,12H2,(H,22,23). The van der Waals surface area contributed by atoms with E-state index in [1.165, 1.54) is 0 Å². The average Bonchev–Trinajstić information content (AvgIpc) is 2.54. The van der Waals surface area contributed by atoms with Gasteiger partial charge in [-0.1, -0.05) is 42.3 Å². The maximum absolute atomic E-state index is 12.6. The molecule has 3 rings (SSSR count). The summed E-state index contributed by atoms with van der Waals surface area (Å²) in [5.74, 6) is -0.746. The van der Waals surface area contributed by atoms with Crippen LogP contribution in [0.15, 0.2) is 53.0 Å². The quantitative estimate of drug-likeness (QED) is 0.710. The van der Waals surface area contributed by atoms with Crippen LogP contribution in [0.3, 0.4) is 0 Å². The summed E-state index contributed by atoms with van der Waals surface area (Å²) in [6.45, 7) is -0.317. The summed E-state index contributed by atoms with van der Waals surface area (Å²) in [6, 6.07) is 14.5. The van der Waals surface area contributed by atoms with Gasteiger partial charge >= 0.3 is 5.97 Å². The van der Waals surface area contributed by atoms with Gasteiger partial charge in [0.25, 0.3) is 5.91 Å². The molecule has 2 aromatic carbocycles. The van der Waals surface area contributed by atoms with Gasteiger partial charge in [-0.2, -0.15) is 0 Å². The molecular weight excluding hydrogens is 406 g/mol. The fourth-order valence-corrected chi connectivity index (χ4v) is 3.52. The molecule has 0 bridgehead atoms. The van der Waals surface area contributed by atoms with Gasteiger partial charge in [-0.05, 0) is 58.6 Å². The molecule has 2 aromatic rings. The molecule has 0 aromatic heterocycles. The minimum Gasteiger partial charge on any atom is -0.455 e. The third-order valence-corrected chi connectivity index (χ3v) is 5.38. The van der Waals surface area contributed by atoms with E-state index in [9.17, 15) is 9.59 Å². The molecule has 0 atom stereocenters. The van der Waals surface area contributed by atoms with Crippen molar-refractivity contribution in [1.29, 1.82) is 0 Å². The van der Waals surface area contributed by atoms with Gasteiger partial charge in [-0.15, -0.1) is 0 Å². The molecule has 0 spiro atoms. The van der Waals surface area contributed by atoms with Crippen molar-refractivity contribution < 1.29 is 14.3 Å². The molecule has 1 fully saturated rings. The van der Waals surface area contributed by atoms with Crippen LogP contribution in [0.2, 0.25) is 5.02 Å². The zero-order valence-corrected chi connectivity index (χ0v) is 15.8. The van der Waals surface area contributed by atoms with Gasteiger partial charge in [-0.3, -0.25) is 9.59 Å². The van der Waals surface area contributed by atoms with Gasteiger partial charge in [0.05, 0.1) is 11.1 Å². The van der Waals surface area contributed by atoms with Gasteiger partial charge in [0.2, 0.25) is 0 Å². The van der Waals surface area contributed by atoms with E-state index in [0.717, 1.165) is 16.5 Å². The summed E-state index contributed by atoms with van der Waals surface area (Å²) >= 11 is 9.41. The fourth-order valence-electron chi connectivity index (χ4n) is 2.95. The minimum absolute atomic E-state index is 0.317. The average molecular weight is 423 g/mol. The molecule has 1 amide bonds. The Bertz CT molecular complexity index is 805. The number of halogens is 2. The molecule has 0 unspecified atom stereocenters. The van der Waals surface area contributed by atoms with E-state index in [0.29, 0.717) is 23.6 Å². The van der Waals surface area contributed by atoms with Gasteiger partial charge in [-0.25, -0.2) is 0 Å². The SMILES string of the molecule is O=C(COC(=O)C1(c2cccc(Cl)c2)CCC1)Nc1ccccc1Br. The van der Waals surface area contributed by atoms with Crippen LogP contribution in [0.5, 0.6) is 0 Å². The van der Waals surface area contributed by atoms with E-state index >= 15 is 0 Å². The molecular formula is C19H17BrClNO3. The topological polar surface area (TPSA) is 55.4 Å². The van der Waals surface area contributed by atoms with Crippen LogP contribution in [0, 0.1) is 0 Å². The summed E-state index contributed by atoms with van der Waals surface area (Å²) in [4.78, 5) is 24.7. The zero-order valence-electron chi connectivity index (χ0n) is 13.4. The lowest BCUT2D eigenvalue weighted by atomic mass is 9.64. The predicted octanol–water partition coefficient (Wildman–Crippen LogP) is 4.71. The maximum Gasteiger partial charge on any atom is 0.317 e. The van der Waals surface area contributed by atoms with E-state index in [1.807, 2.05) is 30.3 Å². The lowest BCUT2D eigenvalue weighted by molar-refractivity contribution is -0.156. The number of anilines is 1. The lowest BCUT2D eigenvalue weighted by Crippen LogP contribution is -2.44. The number of rotatable bonds is 5. The van der Waals surface area contributed by atoms with Crippen molar-refractivity contribution in [3.05, 3.63) is 63.6 Å². The summed E-state index contributed by atoms with van der Waals surface area (Å²) in [5, 5.41) is 3.30. The first kappa shape index (κ1) is 18.0. The summed E-state index contributed by atoms with van der Waals surface area (Å²) in [6.07, 6.45) is 2.36. The number of para-hydroxylation sites is 1. The second-order valence-electron chi connectivity index (χ2n) is 6.05. The molecule has 25 heavy (non-hydrogen) atoms. The summed E-state index contributed by atoms with van der Waals surface area (Å²) in [7, 11) is 0. The van der Waals surface area contributed by atoms with Crippen LogP contribution in [0.1, 0.15) is 24.8 Å². The number of hydrogen-bond donors (Lipinski definition) is 1. The molecule has 1 N–H and O–H groups in total. The Morgan fingerprint density at radius 3 is 2.56 bits per heavy atom. The first-order valence-electron chi connectivity index (χ1n) is 7.99. The Morgan fingerprint density at radius 2 is 1.92 bits per heavy atom. The number of esters is 1. The Kier molecular flexibility index (Phi) is 5.45. The molecule has 4 nitrogen and oxygen atoms in total. The van der Waals surface area contributed by atoms with Crippen LogP contribution in [-0.2, 0) is 19.7 Å². The zero-order chi connectivity index (χ0) is 17.9. The Hall–Kier alpha value is -1.85. The molecule has 0 radical (unpaired) electrons. The minimum atomic E-state index is -0.682. The third kappa shape index (κ3) is 3.88. The van der Waals surface area contributed by atoms with Crippen molar-refractivity contribution in [2.75, 3.05) is 11.9 Å². The first-order valence-corrected chi connectivity index (χ1v) is 9.16. The van der Waals surface area contributed by atoms with Crippen molar-refractivity contribution in [2.24, 2.45) is 0 Å². The second kappa shape index (κ2) is 7.58. The molecule has 0 aliphatic heterocycles. The Labute approximate surface area is 159 Å². The van der Waals surface area contributed by atoms with E-state index in [-0.39, 0.29) is 18.5 Å². The highest BCUT2D eigenvalue weighted by Crippen LogP contribution is 2.45. The van der Waals surface area contributed by atoms with Crippen LogP contribution < -0.4 is 5.32 Å². The van der Waals surface area contributed by atoms with Crippen molar-refractivity contribution in [3.63, 3.8) is 0 Å². The number of benzene rings is 2. The molecule has 0 saturated heterocycles. The first-order chi connectivity index (χ1) is 12.0. The van der Waals surface area contributed by atoms with Crippen LogP contribution in [0.25, 0.3) is 0 Å². The van der Waals surface area contributed by atoms with E-state index in [2.05, 4.69) is 21.2 Å². The lowest BCUT2D eigenvalue weighted by Gasteiger charge is -2.39. The number of nitrogens with one attached hydrogen (secondary N) is 1. The van der Waals surface area contributed by atoms with Gasteiger partial charge in [0.15, 0.2) is 6.61 Å². The molecule has 0 heterocycles. The van der Waals surface area contributed by atoms with Crippen LogP contribution >= 0.6 is 27.5 Å². The smallest absolute Gasteiger partial charge is 0.317 e. The fraction of sp³-hybridized carbons (Fsp3) is 0.263. The highest BCUT2D eigenvalue weighted by atomic mass is 79.9. The van der Waals surface area contributed by atoms with Crippen molar-refractivity contribution in [3.8, 4) is 0 Å². The highest BCUT2D eigenvalue weighted by Gasteiger charge is 2.47. The highest BCUT2D eigenvalue weighted by molar-refractivity contribution is 9.10. The van der Waals surface area contributed by atoms with Crippen LogP contribution in [-0.4, -0.2) is 18.5 Å². The number of ether oxygens (including phenoxy) is 1. The normalized spacial score (nSPS) is 15.1. The van der Waals surface area contributed by atoms with Crippen molar-refractivity contribution in [1.82, 2.24) is 0 Å². The predicted molar refractivity (Wildman–Crippen MR) is 101 cm³/mol. The second-order valence-corrected chi connectivity index (χ2v) is 7.34. The van der Waals surface area contributed by atoms with Gasteiger partial charge in [0, 0.05) is 9.50 Å². The van der Waals surface area contributed by atoms with E-state index < -0.39 is 5.41 Å².